The van der Waals surface area contributed by atoms with Crippen LogP contribution in [-0.2, 0) is 49.6 Å². The normalized spacial score (nSPS) is 13.2. The van der Waals surface area contributed by atoms with E-state index in [1.165, 1.54) is 17.7 Å². The highest BCUT2D eigenvalue weighted by molar-refractivity contribution is 6.19. The zero-order chi connectivity index (χ0) is 81.0. The summed E-state index contributed by atoms with van der Waals surface area (Å²) in [4.78, 5) is 70.2. The maximum absolute atomic E-state index is 13.2. The number of halogens is 5. The maximum Gasteiger partial charge on any atom is 0.303 e. The SMILES string of the molecule is CCNC(=O)c1noc(-c2cc(C(C)C)c(O)cc2O)c1-c1ccc(CN2CCN(C(=O)CCCc3nc4cc(N(CCCl)CCCl)ccc4n3C)CC2)cc1.CCNC(=O)c1noc(-c2cc(C(C)C)c(O)cc2O)c1-c1ccc(CN2CCNCC2)cc1.Cl.Cn1c(CCCC(=O)O)nc2cc(N(CCCl)CCCl)ccc21. The van der Waals surface area contributed by atoms with Crippen molar-refractivity contribution in [3.63, 3.8) is 0 Å². The molecular weight excluding hydrogens is 1560 g/mol. The number of amides is 3. The predicted molar refractivity (Wildman–Crippen MR) is 455 cm³/mol. The summed E-state index contributed by atoms with van der Waals surface area (Å²) >= 11 is 23.8. The van der Waals surface area contributed by atoms with Gasteiger partial charge >= 0.3 is 5.97 Å². The van der Waals surface area contributed by atoms with E-state index >= 15 is 0 Å². The summed E-state index contributed by atoms with van der Waals surface area (Å²) in [6.45, 7) is 23.7. The van der Waals surface area contributed by atoms with E-state index in [0.717, 1.165) is 122 Å². The number of carboxylic acid groups (broad SMARTS) is 1. The number of imidazole rings is 2. The third-order valence-electron chi connectivity index (χ3n) is 20.4. The molecule has 0 bridgehead atoms. The van der Waals surface area contributed by atoms with Gasteiger partial charge < -0.3 is 74.4 Å². The minimum Gasteiger partial charge on any atom is -0.508 e. The van der Waals surface area contributed by atoms with E-state index in [2.05, 4.69) is 73.6 Å². The Balaban J connectivity index is 0.000000217. The van der Waals surface area contributed by atoms with Crippen molar-refractivity contribution in [2.24, 2.45) is 14.1 Å². The van der Waals surface area contributed by atoms with Gasteiger partial charge in [-0.05, 0) is 120 Å². The molecule has 6 aromatic carbocycles. The van der Waals surface area contributed by atoms with Gasteiger partial charge in [-0.1, -0.05) is 86.5 Å². The van der Waals surface area contributed by atoms with Crippen LogP contribution in [0.2, 0.25) is 0 Å². The quantitative estimate of drug-likeness (QED) is 0.0182. The Morgan fingerprint density at radius 2 is 0.921 bits per heavy atom. The van der Waals surface area contributed by atoms with Crippen LogP contribution in [0.1, 0.15) is 134 Å². The van der Waals surface area contributed by atoms with Crippen molar-refractivity contribution in [2.45, 2.75) is 105 Å². The molecular formula is C84H105Cl5N14O11. The zero-order valence-electron chi connectivity index (χ0n) is 66.0. The van der Waals surface area contributed by atoms with Gasteiger partial charge in [-0.2, -0.15) is 0 Å². The van der Waals surface area contributed by atoms with Crippen molar-refractivity contribution in [3.8, 4) is 67.9 Å². The lowest BCUT2D eigenvalue weighted by Gasteiger charge is -2.35. The smallest absolute Gasteiger partial charge is 0.303 e. The summed E-state index contributed by atoms with van der Waals surface area (Å²) in [5.41, 5.74) is 13.0. The van der Waals surface area contributed by atoms with E-state index in [0.29, 0.717) is 134 Å². The molecule has 25 nitrogen and oxygen atoms in total. The van der Waals surface area contributed by atoms with Crippen molar-refractivity contribution in [2.75, 3.05) is 125 Å². The molecule has 0 radical (unpaired) electrons. The van der Waals surface area contributed by atoms with E-state index in [-0.39, 0.29) is 94.3 Å². The number of piperazine rings is 2. The molecule has 2 fully saturated rings. The molecule has 3 amide bonds. The van der Waals surface area contributed by atoms with Crippen molar-refractivity contribution >= 4 is 116 Å². The van der Waals surface area contributed by atoms with Gasteiger partial charge in [0.25, 0.3) is 11.8 Å². The second kappa shape index (κ2) is 42.3. The minimum atomic E-state index is -0.774. The Labute approximate surface area is 691 Å². The number of benzene rings is 6. The van der Waals surface area contributed by atoms with E-state index in [1.54, 1.807) is 12.1 Å². The number of aliphatic carboxylic acids is 1. The summed E-state index contributed by atoms with van der Waals surface area (Å²) in [7, 11) is 3.98. The average molecular weight is 1660 g/mol. The molecule has 4 aromatic heterocycles. The average Bonchev–Trinajstić information content (AvgIpc) is 1.01. The first kappa shape index (κ1) is 88.6. The van der Waals surface area contributed by atoms with Crippen LogP contribution in [0.4, 0.5) is 11.4 Å². The van der Waals surface area contributed by atoms with Gasteiger partial charge in [-0.25, -0.2) is 9.97 Å². The van der Waals surface area contributed by atoms with Gasteiger partial charge in [-0.15, -0.1) is 58.8 Å². The largest absolute Gasteiger partial charge is 0.508 e. The fourth-order valence-electron chi connectivity index (χ4n) is 14.3. The molecule has 2 aliphatic rings. The molecule has 612 valence electrons. The van der Waals surface area contributed by atoms with E-state index in [4.69, 9.17) is 65.5 Å². The summed E-state index contributed by atoms with van der Waals surface area (Å²) in [6.07, 6.45) is 3.31. The predicted octanol–water partition coefficient (Wildman–Crippen LogP) is 14.5. The Morgan fingerprint density at radius 3 is 1.30 bits per heavy atom. The molecule has 0 unspecified atom stereocenters. The van der Waals surface area contributed by atoms with Crippen LogP contribution in [0.15, 0.2) is 118 Å². The van der Waals surface area contributed by atoms with Crippen LogP contribution in [0.3, 0.4) is 0 Å². The topological polar surface area (TPSA) is 309 Å². The fraction of sp³-hybridized carbons (Fsp3) is 0.429. The number of aromatic hydroxyl groups is 4. The number of fused-ring (bicyclic) bond motifs is 2. The van der Waals surface area contributed by atoms with Crippen LogP contribution in [-0.4, -0.2) is 208 Å². The number of nitrogens with zero attached hydrogens (tertiary/aromatic N) is 11. The van der Waals surface area contributed by atoms with Crippen LogP contribution in [0.5, 0.6) is 23.0 Å². The number of anilines is 2. The number of aromatic nitrogens is 6. The lowest BCUT2D eigenvalue weighted by atomic mass is 9.94. The highest BCUT2D eigenvalue weighted by Crippen LogP contribution is 2.45. The van der Waals surface area contributed by atoms with Crippen molar-refractivity contribution in [3.05, 3.63) is 154 Å². The van der Waals surface area contributed by atoms with Gasteiger partial charge in [0.1, 0.15) is 34.6 Å². The molecule has 6 heterocycles. The first-order chi connectivity index (χ1) is 54.5. The van der Waals surface area contributed by atoms with Gasteiger partial charge in [0, 0.05) is 192 Å². The molecule has 0 saturated carbocycles. The van der Waals surface area contributed by atoms with Crippen LogP contribution in [0.25, 0.3) is 67.0 Å². The maximum atomic E-state index is 13.2. The number of rotatable bonds is 32. The molecule has 10 aromatic rings. The van der Waals surface area contributed by atoms with Crippen molar-refractivity contribution < 1.29 is 53.8 Å². The number of phenolic OH excluding ortho intramolecular Hbond substituents is 4. The highest BCUT2D eigenvalue weighted by atomic mass is 35.5. The van der Waals surface area contributed by atoms with Crippen LogP contribution < -0.4 is 25.8 Å². The summed E-state index contributed by atoms with van der Waals surface area (Å²) in [5.74, 6) is 2.87. The minimum absolute atomic E-state index is 0. The zero-order valence-corrected chi connectivity index (χ0v) is 69.8. The number of alkyl halides is 4. The number of nitrogens with one attached hydrogen (secondary N) is 3. The number of carboxylic acids is 1. The number of hydrogen-bond acceptors (Lipinski definition) is 19. The molecule has 114 heavy (non-hydrogen) atoms. The third kappa shape index (κ3) is 22.2. The summed E-state index contributed by atoms with van der Waals surface area (Å²) < 4.78 is 15.5. The number of aryl methyl sites for hydroxylation is 4. The molecule has 0 atom stereocenters. The Bertz CT molecular complexity index is 4850. The monoisotopic (exact) mass is 1660 g/mol. The molecule has 2 saturated heterocycles. The molecule has 12 rings (SSSR count). The number of carbonyl (C=O) groups excluding carboxylic acids is 3. The summed E-state index contributed by atoms with van der Waals surface area (Å²) in [5, 5.41) is 68.0. The first-order valence-corrected chi connectivity index (χ1v) is 40.8. The van der Waals surface area contributed by atoms with Crippen molar-refractivity contribution in [1.29, 1.82) is 0 Å². The second-order valence-electron chi connectivity index (χ2n) is 28.8. The van der Waals surface area contributed by atoms with Gasteiger partial charge in [0.05, 0.1) is 44.3 Å². The lowest BCUT2D eigenvalue weighted by molar-refractivity contribution is -0.137. The van der Waals surface area contributed by atoms with E-state index in [9.17, 15) is 39.6 Å². The Hall–Kier alpha value is -9.31. The standard InChI is InChI=1S/C42H51Cl2N7O5.C26H32N4O4.C16H21Cl2N3O2.ClH/c1-5-45-42(55)40-39(41(56-47-40)32-24-31(27(2)3)35(52)25-36(32)53)29-11-9-28(10-12-29)26-49-19-21-51(22-20-49)38(54)8-6-7-37-46-33-23-30(13-14-34(33)48(37)4)50(17-15-43)18-16-44;1-4-28-26(33)24-23(18-7-5-17(6-8-18)15-30-11-9-27-10-12-30)25(34-29-24)20-13-19(16(2)3)21(31)14-22(20)32;1-20-14-6-5-12(21(9-7-17)10-8-18)11-13(14)19-15(20)3-2-4-16(22)23;/h9-14,23-25,27,52-53H,5-8,15-22,26H2,1-4H3,(H,45,55);5-8,13-14,16,27,31-32H,4,9-12,15H2,1-3H3,(H,28,33);5-6,11H,2-4,7-10H2,1H3,(H,22,23);1H. The molecule has 0 aliphatic carbocycles. The van der Waals surface area contributed by atoms with E-state index < -0.39 is 5.97 Å². The van der Waals surface area contributed by atoms with Gasteiger partial charge in [0.2, 0.25) is 5.91 Å². The van der Waals surface area contributed by atoms with Crippen molar-refractivity contribution in [1.82, 2.24) is 60.1 Å². The fourth-order valence-corrected chi connectivity index (χ4v) is 15.1. The molecule has 0 spiro atoms. The van der Waals surface area contributed by atoms with Crippen LogP contribution in [0, 0.1) is 0 Å². The lowest BCUT2D eigenvalue weighted by Crippen LogP contribution is -2.48. The van der Waals surface area contributed by atoms with Gasteiger partial charge in [0.15, 0.2) is 22.9 Å². The third-order valence-corrected chi connectivity index (χ3v) is 21.1. The molecule has 2 aliphatic heterocycles. The number of phenols is 4. The highest BCUT2D eigenvalue weighted by Gasteiger charge is 2.31. The Morgan fingerprint density at radius 1 is 0.526 bits per heavy atom. The Kier molecular flexibility index (Phi) is 32.9. The summed E-state index contributed by atoms with van der Waals surface area (Å²) in [6, 6.07) is 34.2. The first-order valence-electron chi connectivity index (χ1n) is 38.6. The van der Waals surface area contributed by atoms with E-state index in [1.807, 2.05) is 132 Å². The van der Waals surface area contributed by atoms with Crippen LogP contribution >= 0.6 is 58.8 Å². The molecule has 30 heteroatoms. The van der Waals surface area contributed by atoms with Gasteiger partial charge in [-0.3, -0.25) is 29.0 Å². The molecule has 8 N–H and O–H groups in total. The number of carbonyl (C=O) groups is 4. The second-order valence-corrected chi connectivity index (χ2v) is 30.3. The number of hydrogen-bond donors (Lipinski definition) is 8.